The van der Waals surface area contributed by atoms with Crippen molar-refractivity contribution in [3.05, 3.63) is 28.7 Å². The Morgan fingerprint density at radius 3 is 2.80 bits per heavy atom. The van der Waals surface area contributed by atoms with Crippen LogP contribution in [0.1, 0.15) is 5.56 Å². The molecular formula is C7H6NO2. The van der Waals surface area contributed by atoms with Crippen molar-refractivity contribution < 1.29 is 5.11 Å². The molecule has 0 aliphatic rings. The average molecular weight is 136 g/mol. The number of nitrogens with zero attached hydrogens (tertiary/aromatic N) is 1. The van der Waals surface area contributed by atoms with Gasteiger partial charge in [0.25, 0.3) is 0 Å². The molecule has 0 unspecified atom stereocenters. The van der Waals surface area contributed by atoms with E-state index >= 15 is 0 Å². The van der Waals surface area contributed by atoms with Gasteiger partial charge in [-0.15, -0.1) is 4.91 Å². The first-order valence-electron chi connectivity index (χ1n) is 2.79. The Hall–Kier alpha value is -1.38. The molecule has 0 saturated heterocycles. The molecule has 1 aromatic rings. The number of phenolic OH excluding ortho intramolecular Hbond substituents is 1. The Morgan fingerprint density at radius 2 is 2.30 bits per heavy atom. The Bertz CT molecular complexity index is 258. The van der Waals surface area contributed by atoms with E-state index in [0.29, 0.717) is 5.56 Å². The summed E-state index contributed by atoms with van der Waals surface area (Å²) in [5.41, 5.74) is 0.815. The number of nitroso groups, excluding NO2 is 1. The molecule has 0 atom stereocenters. The smallest absolute Gasteiger partial charge is 0.128 e. The van der Waals surface area contributed by atoms with Gasteiger partial charge in [0.2, 0.25) is 0 Å². The van der Waals surface area contributed by atoms with E-state index in [1.54, 1.807) is 13.0 Å². The van der Waals surface area contributed by atoms with Crippen molar-refractivity contribution in [2.45, 2.75) is 6.92 Å². The quantitative estimate of drug-likeness (QED) is 0.599. The van der Waals surface area contributed by atoms with Crippen molar-refractivity contribution in [1.29, 1.82) is 0 Å². The average Bonchev–Trinajstić information content (AvgIpc) is 1.95. The van der Waals surface area contributed by atoms with E-state index in [4.69, 9.17) is 5.11 Å². The molecule has 0 aliphatic heterocycles. The third-order valence-electron chi connectivity index (χ3n) is 1.21. The maximum Gasteiger partial charge on any atom is 0.128 e. The number of aryl methyl sites for hydroxylation is 1. The van der Waals surface area contributed by atoms with Gasteiger partial charge in [0.15, 0.2) is 0 Å². The van der Waals surface area contributed by atoms with Crippen LogP contribution in [0.25, 0.3) is 0 Å². The number of hydrogen-bond donors (Lipinski definition) is 1. The number of benzene rings is 1. The second kappa shape index (κ2) is 2.47. The van der Waals surface area contributed by atoms with Crippen molar-refractivity contribution in [3.63, 3.8) is 0 Å². The van der Waals surface area contributed by atoms with E-state index < -0.39 is 0 Å². The van der Waals surface area contributed by atoms with E-state index in [-0.39, 0.29) is 11.4 Å². The van der Waals surface area contributed by atoms with E-state index in [9.17, 15) is 4.91 Å². The zero-order valence-electron chi connectivity index (χ0n) is 5.46. The molecule has 3 heteroatoms. The minimum Gasteiger partial charge on any atom is -0.507 e. The largest absolute Gasteiger partial charge is 0.507 e. The molecule has 0 saturated carbocycles. The fraction of sp³-hybridized carbons (Fsp3) is 0.143. The van der Waals surface area contributed by atoms with Crippen LogP contribution in [-0.2, 0) is 0 Å². The molecule has 0 amide bonds. The fourth-order valence-electron chi connectivity index (χ4n) is 0.598. The molecular weight excluding hydrogens is 130 g/mol. The minimum absolute atomic E-state index is 0.0166. The van der Waals surface area contributed by atoms with Crippen LogP contribution >= 0.6 is 0 Å². The summed E-state index contributed by atoms with van der Waals surface area (Å²) in [6, 6.07) is 5.52. The molecule has 1 radical (unpaired) electrons. The minimum atomic E-state index is -0.0166. The lowest BCUT2D eigenvalue weighted by Gasteiger charge is -1.94. The molecule has 1 N–H and O–H groups in total. The van der Waals surface area contributed by atoms with Crippen LogP contribution in [0.5, 0.6) is 5.75 Å². The highest BCUT2D eigenvalue weighted by molar-refractivity contribution is 5.44. The van der Waals surface area contributed by atoms with Crippen molar-refractivity contribution in [3.8, 4) is 5.75 Å². The van der Waals surface area contributed by atoms with Crippen LogP contribution in [0.3, 0.4) is 0 Å². The second-order valence-electron chi connectivity index (χ2n) is 1.97. The summed E-state index contributed by atoms with van der Waals surface area (Å²) in [4.78, 5) is 9.88. The maximum atomic E-state index is 9.88. The lowest BCUT2D eigenvalue weighted by Crippen LogP contribution is -1.72. The maximum absolute atomic E-state index is 9.88. The molecule has 0 heterocycles. The van der Waals surface area contributed by atoms with Crippen LogP contribution < -0.4 is 0 Å². The molecule has 0 aromatic heterocycles. The van der Waals surface area contributed by atoms with Gasteiger partial charge in [-0.05, 0) is 23.7 Å². The van der Waals surface area contributed by atoms with E-state index in [0.717, 1.165) is 0 Å². The monoisotopic (exact) mass is 136 g/mol. The Kier molecular flexibility index (Phi) is 1.67. The molecule has 1 aromatic carbocycles. The highest BCUT2D eigenvalue weighted by atomic mass is 16.3. The zero-order chi connectivity index (χ0) is 7.56. The number of rotatable bonds is 1. The number of aromatic hydroxyl groups is 1. The molecule has 0 spiro atoms. The first-order valence-corrected chi connectivity index (χ1v) is 2.79. The van der Waals surface area contributed by atoms with Crippen LogP contribution in [0, 0.1) is 17.9 Å². The van der Waals surface area contributed by atoms with Gasteiger partial charge in [0.1, 0.15) is 11.4 Å². The molecule has 1 rings (SSSR count). The fourth-order valence-corrected chi connectivity index (χ4v) is 0.598. The van der Waals surface area contributed by atoms with E-state index in [2.05, 4.69) is 11.2 Å². The topological polar surface area (TPSA) is 49.7 Å². The summed E-state index contributed by atoms with van der Waals surface area (Å²) in [5, 5.41) is 11.6. The van der Waals surface area contributed by atoms with Gasteiger partial charge in [-0.1, -0.05) is 6.07 Å². The van der Waals surface area contributed by atoms with Gasteiger partial charge in [-0.2, -0.15) is 0 Å². The normalized spacial score (nSPS) is 9.30. The molecule has 0 bridgehead atoms. The van der Waals surface area contributed by atoms with Crippen molar-refractivity contribution in [2.75, 3.05) is 0 Å². The Balaban J connectivity index is 3.16. The van der Waals surface area contributed by atoms with Crippen molar-refractivity contribution >= 4 is 5.69 Å². The first-order chi connectivity index (χ1) is 4.74. The molecule has 0 fully saturated rings. The van der Waals surface area contributed by atoms with Gasteiger partial charge in [-0.3, -0.25) is 0 Å². The lowest BCUT2D eigenvalue weighted by atomic mass is 10.2. The van der Waals surface area contributed by atoms with Gasteiger partial charge in [0.05, 0.1) is 6.07 Å². The van der Waals surface area contributed by atoms with Crippen LogP contribution in [0.2, 0.25) is 0 Å². The third-order valence-corrected chi connectivity index (χ3v) is 1.21. The summed E-state index contributed by atoms with van der Waals surface area (Å²) in [6.07, 6.45) is 0. The predicted octanol–water partition coefficient (Wildman–Crippen LogP) is 1.90. The first kappa shape index (κ1) is 6.74. The molecule has 51 valence electrons. The van der Waals surface area contributed by atoms with Crippen LogP contribution in [-0.4, -0.2) is 5.11 Å². The van der Waals surface area contributed by atoms with Crippen LogP contribution in [0.4, 0.5) is 5.69 Å². The highest BCUT2D eigenvalue weighted by Crippen LogP contribution is 2.21. The van der Waals surface area contributed by atoms with E-state index in [1.807, 2.05) is 0 Å². The molecule has 3 nitrogen and oxygen atoms in total. The van der Waals surface area contributed by atoms with Crippen molar-refractivity contribution in [1.82, 2.24) is 0 Å². The van der Waals surface area contributed by atoms with Gasteiger partial charge < -0.3 is 5.11 Å². The standard InChI is InChI=1S/C7H6NO2/c1-5-2-3-6(8-10)4-7(5)9/h2-3,9H,1H3. The highest BCUT2D eigenvalue weighted by Gasteiger charge is 1.97. The predicted molar refractivity (Wildman–Crippen MR) is 37.1 cm³/mol. The third kappa shape index (κ3) is 1.13. The van der Waals surface area contributed by atoms with Gasteiger partial charge >= 0.3 is 0 Å². The zero-order valence-corrected chi connectivity index (χ0v) is 5.46. The lowest BCUT2D eigenvalue weighted by molar-refractivity contribution is 0.470. The van der Waals surface area contributed by atoms with E-state index in [1.165, 1.54) is 6.07 Å². The van der Waals surface area contributed by atoms with Crippen LogP contribution in [0.15, 0.2) is 17.3 Å². The SMILES string of the molecule is Cc1ccc(N=O)[c]c1O. The summed E-state index contributed by atoms with van der Waals surface area (Å²) >= 11 is 0. The summed E-state index contributed by atoms with van der Waals surface area (Å²) in [6.45, 7) is 1.72. The van der Waals surface area contributed by atoms with Crippen molar-refractivity contribution in [2.24, 2.45) is 5.18 Å². The van der Waals surface area contributed by atoms with Gasteiger partial charge in [-0.25, -0.2) is 0 Å². The number of phenols is 1. The Labute approximate surface area is 58.3 Å². The second-order valence-corrected chi connectivity index (χ2v) is 1.97. The summed E-state index contributed by atoms with van der Waals surface area (Å²) < 4.78 is 0. The van der Waals surface area contributed by atoms with Gasteiger partial charge in [0, 0.05) is 0 Å². The Morgan fingerprint density at radius 1 is 1.60 bits per heavy atom. The molecule has 0 aliphatic carbocycles. The summed E-state index contributed by atoms with van der Waals surface area (Å²) in [7, 11) is 0. The number of hydrogen-bond acceptors (Lipinski definition) is 3. The molecule has 10 heavy (non-hydrogen) atoms. The summed E-state index contributed by atoms with van der Waals surface area (Å²) in [5.74, 6) is -0.0166.